The molecule has 21 heavy (non-hydrogen) atoms. The maximum atomic E-state index is 11.7. The first-order chi connectivity index (χ1) is 9.69. The second-order valence-electron chi connectivity index (χ2n) is 4.58. The minimum Gasteiger partial charge on any atom is -0.478 e. The van der Waals surface area contributed by atoms with Crippen LogP contribution in [0.2, 0.25) is 0 Å². The van der Waals surface area contributed by atoms with Crippen LogP contribution in [0.25, 0.3) is 0 Å². The zero-order valence-electron chi connectivity index (χ0n) is 11.4. The van der Waals surface area contributed by atoms with Crippen LogP contribution >= 0.6 is 0 Å². The first-order valence-electron chi connectivity index (χ1n) is 6.08. The fourth-order valence-electron chi connectivity index (χ4n) is 1.49. The molecule has 0 aromatic carbocycles. The smallest absolute Gasteiger partial charge is 0.335 e. The lowest BCUT2D eigenvalue weighted by Crippen LogP contribution is -2.41. The first kappa shape index (κ1) is 17.1. The summed E-state index contributed by atoms with van der Waals surface area (Å²) in [6.07, 6.45) is 2.42. The van der Waals surface area contributed by atoms with Crippen LogP contribution in [0.5, 0.6) is 0 Å². The lowest BCUT2D eigenvalue weighted by molar-refractivity contribution is -0.122. The molecule has 0 aliphatic carbocycles. The third-order valence-corrected chi connectivity index (χ3v) is 3.62. The largest absolute Gasteiger partial charge is 0.478 e. The second-order valence-corrected chi connectivity index (χ2v) is 6.84. The number of sulfone groups is 1. The van der Waals surface area contributed by atoms with Crippen LogP contribution in [0.1, 0.15) is 22.5 Å². The number of nitrogens with zero attached hydrogens (tertiary/aromatic N) is 1. The summed E-state index contributed by atoms with van der Waals surface area (Å²) in [5.41, 5.74) is 6.01. The fraction of sp³-hybridized carbons (Fsp3) is 0.417. The van der Waals surface area contributed by atoms with Gasteiger partial charge in [-0.05, 0) is 18.6 Å². The van der Waals surface area contributed by atoms with Gasteiger partial charge in [0.15, 0.2) is 0 Å². The van der Waals surface area contributed by atoms with E-state index >= 15 is 0 Å². The number of rotatable bonds is 7. The Labute approximate surface area is 122 Å². The Balaban J connectivity index is 2.52. The molecule has 116 valence electrons. The molecule has 9 heteroatoms. The van der Waals surface area contributed by atoms with Gasteiger partial charge in [0.1, 0.15) is 9.84 Å². The van der Waals surface area contributed by atoms with Crippen molar-refractivity contribution in [1.82, 2.24) is 10.3 Å². The molecule has 1 aromatic heterocycles. The van der Waals surface area contributed by atoms with Crippen molar-refractivity contribution < 1.29 is 23.1 Å². The molecule has 1 atom stereocenters. The zero-order chi connectivity index (χ0) is 16.0. The molecule has 0 spiro atoms. The summed E-state index contributed by atoms with van der Waals surface area (Å²) in [7, 11) is -3.17. The number of carbonyl (C=O) groups is 2. The van der Waals surface area contributed by atoms with E-state index in [4.69, 9.17) is 10.8 Å². The average molecular weight is 315 g/mol. The van der Waals surface area contributed by atoms with Gasteiger partial charge < -0.3 is 16.2 Å². The molecule has 0 aliphatic heterocycles. The molecule has 4 N–H and O–H groups in total. The maximum absolute atomic E-state index is 11.7. The highest BCUT2D eigenvalue weighted by Gasteiger charge is 2.16. The van der Waals surface area contributed by atoms with E-state index in [-0.39, 0.29) is 24.3 Å². The van der Waals surface area contributed by atoms with E-state index in [1.807, 2.05) is 0 Å². The highest BCUT2D eigenvalue weighted by Crippen LogP contribution is 2.02. The number of aromatic nitrogens is 1. The third kappa shape index (κ3) is 6.32. The quantitative estimate of drug-likeness (QED) is 0.596. The van der Waals surface area contributed by atoms with Gasteiger partial charge in [0.2, 0.25) is 5.91 Å². The Bertz CT molecular complexity index is 630. The minimum absolute atomic E-state index is 0.0204. The standard InChI is InChI=1S/C12H17N3O5S/c1-21(19,20)5-3-10(13)11(16)15-7-9-6-8(12(17)18)2-4-14-9/h2,4,6,10H,3,5,7,13H2,1H3,(H,15,16)(H,17,18). The molecule has 0 saturated carbocycles. The Morgan fingerprint density at radius 2 is 2.14 bits per heavy atom. The molecule has 0 bridgehead atoms. The number of carboxylic acid groups (broad SMARTS) is 1. The van der Waals surface area contributed by atoms with E-state index in [1.54, 1.807) is 0 Å². The molecule has 0 radical (unpaired) electrons. The number of hydrogen-bond donors (Lipinski definition) is 3. The van der Waals surface area contributed by atoms with Gasteiger partial charge in [-0.25, -0.2) is 13.2 Å². The number of nitrogens with one attached hydrogen (secondary N) is 1. The SMILES string of the molecule is CS(=O)(=O)CCC(N)C(=O)NCc1cc(C(=O)O)ccn1. The number of carbonyl (C=O) groups excluding carboxylic acids is 1. The molecule has 0 aliphatic rings. The summed E-state index contributed by atoms with van der Waals surface area (Å²) >= 11 is 0. The second kappa shape index (κ2) is 7.14. The van der Waals surface area contributed by atoms with E-state index in [0.717, 1.165) is 6.26 Å². The molecule has 0 fully saturated rings. The van der Waals surface area contributed by atoms with Crippen molar-refractivity contribution in [2.75, 3.05) is 12.0 Å². The molecule has 1 aromatic rings. The number of amides is 1. The fourth-order valence-corrected chi connectivity index (χ4v) is 2.17. The van der Waals surface area contributed by atoms with E-state index in [2.05, 4.69) is 10.3 Å². The van der Waals surface area contributed by atoms with Crippen molar-refractivity contribution in [3.05, 3.63) is 29.6 Å². The Morgan fingerprint density at radius 3 is 2.71 bits per heavy atom. The van der Waals surface area contributed by atoms with Gasteiger partial charge in [-0.15, -0.1) is 0 Å². The predicted molar refractivity (Wildman–Crippen MR) is 75.3 cm³/mol. The van der Waals surface area contributed by atoms with Crippen molar-refractivity contribution in [2.45, 2.75) is 19.0 Å². The van der Waals surface area contributed by atoms with E-state index in [1.165, 1.54) is 18.3 Å². The first-order valence-corrected chi connectivity index (χ1v) is 8.14. The van der Waals surface area contributed by atoms with Crippen LogP contribution < -0.4 is 11.1 Å². The van der Waals surface area contributed by atoms with Crippen molar-refractivity contribution in [3.8, 4) is 0 Å². The molecule has 1 heterocycles. The number of hydrogen-bond acceptors (Lipinski definition) is 6. The lowest BCUT2D eigenvalue weighted by atomic mass is 10.2. The van der Waals surface area contributed by atoms with Gasteiger partial charge in [0.05, 0.1) is 29.6 Å². The molecule has 1 unspecified atom stereocenters. The maximum Gasteiger partial charge on any atom is 0.335 e. The summed E-state index contributed by atoms with van der Waals surface area (Å²) in [6, 6.07) is 1.73. The predicted octanol–water partition coefficient (Wildman–Crippen LogP) is -0.842. The Hall–Kier alpha value is -2.00. The molecule has 1 rings (SSSR count). The van der Waals surface area contributed by atoms with Crippen LogP contribution in [0.4, 0.5) is 0 Å². The van der Waals surface area contributed by atoms with Gasteiger partial charge in [-0.1, -0.05) is 0 Å². The van der Waals surface area contributed by atoms with Crippen molar-refractivity contribution >= 4 is 21.7 Å². The molecule has 8 nitrogen and oxygen atoms in total. The normalized spacial score (nSPS) is 12.7. The number of pyridine rings is 1. The van der Waals surface area contributed by atoms with Crippen LogP contribution in [-0.2, 0) is 21.2 Å². The molecular formula is C12H17N3O5S. The summed E-state index contributed by atoms with van der Waals surface area (Å²) in [5.74, 6) is -1.77. The van der Waals surface area contributed by atoms with E-state index in [9.17, 15) is 18.0 Å². The van der Waals surface area contributed by atoms with Crippen LogP contribution in [0.15, 0.2) is 18.3 Å². The van der Waals surface area contributed by atoms with Crippen LogP contribution in [0, 0.1) is 0 Å². The van der Waals surface area contributed by atoms with Crippen molar-refractivity contribution in [2.24, 2.45) is 5.73 Å². The molecule has 0 saturated heterocycles. The summed E-state index contributed by atoms with van der Waals surface area (Å²) in [6.45, 7) is 0.0204. The lowest BCUT2D eigenvalue weighted by Gasteiger charge is -2.11. The molecular weight excluding hydrogens is 298 g/mol. The Kier molecular flexibility index (Phi) is 5.79. The van der Waals surface area contributed by atoms with Crippen molar-refractivity contribution in [3.63, 3.8) is 0 Å². The summed E-state index contributed by atoms with van der Waals surface area (Å²) in [5, 5.41) is 11.3. The van der Waals surface area contributed by atoms with Gasteiger partial charge in [0.25, 0.3) is 0 Å². The summed E-state index contributed by atoms with van der Waals surface area (Å²) in [4.78, 5) is 26.4. The van der Waals surface area contributed by atoms with E-state index < -0.39 is 27.8 Å². The highest BCUT2D eigenvalue weighted by atomic mass is 32.2. The van der Waals surface area contributed by atoms with E-state index in [0.29, 0.717) is 5.69 Å². The third-order valence-electron chi connectivity index (χ3n) is 2.64. The average Bonchev–Trinajstić information content (AvgIpc) is 2.41. The zero-order valence-corrected chi connectivity index (χ0v) is 12.3. The number of nitrogens with two attached hydrogens (primary N) is 1. The van der Waals surface area contributed by atoms with Gasteiger partial charge in [0, 0.05) is 12.5 Å². The topological polar surface area (TPSA) is 139 Å². The number of carboxylic acids is 1. The van der Waals surface area contributed by atoms with Crippen LogP contribution in [0.3, 0.4) is 0 Å². The highest BCUT2D eigenvalue weighted by molar-refractivity contribution is 7.90. The summed E-state index contributed by atoms with van der Waals surface area (Å²) < 4.78 is 22.0. The van der Waals surface area contributed by atoms with Crippen molar-refractivity contribution in [1.29, 1.82) is 0 Å². The van der Waals surface area contributed by atoms with Gasteiger partial charge in [-0.3, -0.25) is 9.78 Å². The monoisotopic (exact) mass is 315 g/mol. The van der Waals surface area contributed by atoms with Crippen LogP contribution in [-0.4, -0.2) is 48.4 Å². The molecule has 1 amide bonds. The number of aromatic carboxylic acids is 1. The van der Waals surface area contributed by atoms with Gasteiger partial charge >= 0.3 is 5.97 Å². The Morgan fingerprint density at radius 1 is 1.48 bits per heavy atom. The minimum atomic E-state index is -3.17. The van der Waals surface area contributed by atoms with Gasteiger partial charge in [-0.2, -0.15) is 0 Å².